The van der Waals surface area contributed by atoms with Gasteiger partial charge in [-0.2, -0.15) is 0 Å². The Balaban J connectivity index is 1.55. The van der Waals surface area contributed by atoms with Gasteiger partial charge in [-0.15, -0.1) is 0 Å². The van der Waals surface area contributed by atoms with E-state index in [2.05, 4.69) is 131 Å². The molecule has 0 aliphatic rings. The normalized spacial score (nSPS) is 11.8. The first-order valence-electron chi connectivity index (χ1n) is 11.0. The fourth-order valence-corrected chi connectivity index (χ4v) is 5.16. The van der Waals surface area contributed by atoms with E-state index in [1.54, 1.807) is 0 Å². The highest BCUT2D eigenvalue weighted by molar-refractivity contribution is 6.23. The highest BCUT2D eigenvalue weighted by Crippen LogP contribution is 2.42. The third-order valence-electron chi connectivity index (χ3n) is 6.49. The van der Waals surface area contributed by atoms with Crippen LogP contribution in [-0.4, -0.2) is 4.40 Å². The van der Waals surface area contributed by atoms with Gasteiger partial charge in [-0.05, 0) is 48.5 Å². The number of anilines is 3. The number of hydrogen-bond acceptors (Lipinski definition) is 1. The van der Waals surface area contributed by atoms with Crippen LogP contribution in [0, 0.1) is 0 Å². The molecule has 0 N–H and O–H groups in total. The van der Waals surface area contributed by atoms with Gasteiger partial charge >= 0.3 is 0 Å². The van der Waals surface area contributed by atoms with Crippen molar-refractivity contribution in [2.75, 3.05) is 4.90 Å². The van der Waals surface area contributed by atoms with Gasteiger partial charge < -0.3 is 9.30 Å². The van der Waals surface area contributed by atoms with E-state index in [-0.39, 0.29) is 0 Å². The Morgan fingerprint density at radius 3 is 1.69 bits per heavy atom. The Labute approximate surface area is 185 Å². The average Bonchev–Trinajstić information content (AvgIpc) is 3.38. The number of aromatic nitrogens is 1. The average molecular weight is 409 g/mol. The molecule has 0 radical (unpaired) electrons. The van der Waals surface area contributed by atoms with Gasteiger partial charge in [-0.25, -0.2) is 0 Å². The molecule has 2 heterocycles. The zero-order chi connectivity index (χ0) is 21.1. The molecule has 0 atom stereocenters. The molecule has 0 aliphatic heterocycles. The third-order valence-corrected chi connectivity index (χ3v) is 6.49. The number of nitrogens with zero attached hydrogens (tertiary/aromatic N) is 2. The lowest BCUT2D eigenvalue weighted by molar-refractivity contribution is 1.29. The van der Waals surface area contributed by atoms with Crippen molar-refractivity contribution in [3.05, 3.63) is 121 Å². The summed E-state index contributed by atoms with van der Waals surface area (Å²) in [6.45, 7) is 0. The molecule has 0 fully saturated rings. The highest BCUT2D eigenvalue weighted by atomic mass is 15.1. The molecule has 2 aromatic heterocycles. The largest absolute Gasteiger partial charge is 0.310 e. The van der Waals surface area contributed by atoms with Crippen LogP contribution in [0.2, 0.25) is 0 Å². The van der Waals surface area contributed by atoms with Gasteiger partial charge in [-0.3, -0.25) is 0 Å². The SMILES string of the molecule is c1ccc(N(c2ccccc2)c2ccc3c(c2)c2cccc4c5ccccc5n3c42)cc1. The summed E-state index contributed by atoms with van der Waals surface area (Å²) in [5, 5.41) is 5.22. The smallest absolute Gasteiger partial charge is 0.0620 e. The molecule has 0 aliphatic carbocycles. The first kappa shape index (κ1) is 17.4. The minimum atomic E-state index is 1.15. The number of benzene rings is 5. The van der Waals surface area contributed by atoms with Gasteiger partial charge in [0.2, 0.25) is 0 Å². The van der Waals surface area contributed by atoms with E-state index in [1.165, 1.54) is 38.1 Å². The summed E-state index contributed by atoms with van der Waals surface area (Å²) in [5.41, 5.74) is 7.30. The fourth-order valence-electron chi connectivity index (χ4n) is 5.16. The lowest BCUT2D eigenvalue weighted by atomic mass is 10.1. The fraction of sp³-hybridized carbons (Fsp3) is 0. The van der Waals surface area contributed by atoms with E-state index in [4.69, 9.17) is 0 Å². The first-order chi connectivity index (χ1) is 15.9. The summed E-state index contributed by atoms with van der Waals surface area (Å²) < 4.78 is 2.43. The molecule has 32 heavy (non-hydrogen) atoms. The number of rotatable bonds is 3. The second-order valence-corrected chi connectivity index (χ2v) is 8.26. The van der Waals surface area contributed by atoms with Crippen molar-refractivity contribution < 1.29 is 0 Å². The Morgan fingerprint density at radius 2 is 0.969 bits per heavy atom. The van der Waals surface area contributed by atoms with Crippen LogP contribution in [0.15, 0.2) is 121 Å². The molecule has 150 valence electrons. The maximum atomic E-state index is 2.43. The molecule has 2 nitrogen and oxygen atoms in total. The number of fused-ring (bicyclic) bond motifs is 6. The van der Waals surface area contributed by atoms with Crippen molar-refractivity contribution >= 4 is 55.2 Å². The van der Waals surface area contributed by atoms with Crippen molar-refractivity contribution in [2.24, 2.45) is 0 Å². The highest BCUT2D eigenvalue weighted by Gasteiger charge is 2.19. The van der Waals surface area contributed by atoms with E-state index < -0.39 is 0 Å². The molecule has 0 bridgehead atoms. The predicted octanol–water partition coefficient (Wildman–Crippen LogP) is 8.31. The van der Waals surface area contributed by atoms with E-state index >= 15 is 0 Å². The zero-order valence-electron chi connectivity index (χ0n) is 17.4. The van der Waals surface area contributed by atoms with Crippen LogP contribution in [0.25, 0.3) is 38.1 Å². The van der Waals surface area contributed by atoms with Crippen molar-refractivity contribution in [2.45, 2.75) is 0 Å². The molecule has 0 saturated carbocycles. The summed E-state index contributed by atoms with van der Waals surface area (Å²) in [6.07, 6.45) is 0. The van der Waals surface area contributed by atoms with Crippen LogP contribution in [0.5, 0.6) is 0 Å². The van der Waals surface area contributed by atoms with E-state index in [0.717, 1.165) is 17.1 Å². The molecule has 5 aromatic carbocycles. The number of para-hydroxylation sites is 4. The molecule has 0 spiro atoms. The summed E-state index contributed by atoms with van der Waals surface area (Å²) in [6, 6.07) is 43.4. The van der Waals surface area contributed by atoms with Gasteiger partial charge in [0.05, 0.1) is 16.6 Å². The standard InChI is InChI=1S/C30H20N2/c1-3-10-21(11-4-1)31(22-12-5-2-6-13-22)23-18-19-29-27(20-23)26-16-9-15-25-24-14-7-8-17-28(24)32(29)30(25)26/h1-20H. The van der Waals surface area contributed by atoms with E-state index in [0.29, 0.717) is 0 Å². The van der Waals surface area contributed by atoms with Crippen molar-refractivity contribution in [1.82, 2.24) is 4.40 Å². The monoisotopic (exact) mass is 408 g/mol. The maximum Gasteiger partial charge on any atom is 0.0620 e. The molecule has 2 heteroatoms. The summed E-state index contributed by atoms with van der Waals surface area (Å²) in [5.74, 6) is 0. The van der Waals surface area contributed by atoms with Crippen molar-refractivity contribution in [3.63, 3.8) is 0 Å². The molecule has 0 saturated heterocycles. The minimum absolute atomic E-state index is 1.15. The quantitative estimate of drug-likeness (QED) is 0.285. The van der Waals surface area contributed by atoms with E-state index in [9.17, 15) is 0 Å². The Kier molecular flexibility index (Phi) is 3.58. The van der Waals surface area contributed by atoms with Crippen molar-refractivity contribution in [1.29, 1.82) is 0 Å². The molecule has 0 unspecified atom stereocenters. The van der Waals surface area contributed by atoms with Gasteiger partial charge in [0.1, 0.15) is 0 Å². The van der Waals surface area contributed by atoms with Crippen LogP contribution in [-0.2, 0) is 0 Å². The Bertz CT molecular complexity index is 1670. The lowest BCUT2D eigenvalue weighted by Crippen LogP contribution is -2.09. The van der Waals surface area contributed by atoms with Crippen LogP contribution >= 0.6 is 0 Å². The van der Waals surface area contributed by atoms with E-state index in [1.807, 2.05) is 0 Å². The summed E-state index contributed by atoms with van der Waals surface area (Å²) in [7, 11) is 0. The molecule has 7 rings (SSSR count). The van der Waals surface area contributed by atoms with Crippen LogP contribution in [0.3, 0.4) is 0 Å². The first-order valence-corrected chi connectivity index (χ1v) is 11.0. The molecular formula is C30H20N2. The minimum Gasteiger partial charge on any atom is -0.310 e. The van der Waals surface area contributed by atoms with Gasteiger partial charge in [-0.1, -0.05) is 72.8 Å². The van der Waals surface area contributed by atoms with Gasteiger partial charge in [0.15, 0.2) is 0 Å². The van der Waals surface area contributed by atoms with Gasteiger partial charge in [0.25, 0.3) is 0 Å². The molecule has 7 aromatic rings. The maximum absolute atomic E-state index is 2.43. The summed E-state index contributed by atoms with van der Waals surface area (Å²) in [4.78, 5) is 2.33. The second kappa shape index (κ2) is 6.60. The third kappa shape index (κ3) is 2.35. The number of hydrogen-bond donors (Lipinski definition) is 0. The zero-order valence-corrected chi connectivity index (χ0v) is 17.4. The molecular weight excluding hydrogens is 388 g/mol. The lowest BCUT2D eigenvalue weighted by Gasteiger charge is -2.25. The van der Waals surface area contributed by atoms with Gasteiger partial charge in [0, 0.05) is 38.6 Å². The summed E-state index contributed by atoms with van der Waals surface area (Å²) >= 11 is 0. The topological polar surface area (TPSA) is 7.65 Å². The van der Waals surface area contributed by atoms with Crippen LogP contribution in [0.1, 0.15) is 0 Å². The van der Waals surface area contributed by atoms with Crippen LogP contribution < -0.4 is 4.90 Å². The predicted molar refractivity (Wildman–Crippen MR) is 136 cm³/mol. The van der Waals surface area contributed by atoms with Crippen molar-refractivity contribution in [3.8, 4) is 0 Å². The van der Waals surface area contributed by atoms with Crippen LogP contribution in [0.4, 0.5) is 17.1 Å². The Hall–Kier alpha value is -4.30. The molecule has 0 amide bonds. The Morgan fingerprint density at radius 1 is 0.406 bits per heavy atom. The second-order valence-electron chi connectivity index (χ2n) is 8.26.